The van der Waals surface area contributed by atoms with Crippen LogP contribution in [0.5, 0.6) is 0 Å². The van der Waals surface area contributed by atoms with Gasteiger partial charge in [0, 0.05) is 36.3 Å². The van der Waals surface area contributed by atoms with Crippen LogP contribution in [0.25, 0.3) is 22.3 Å². The number of pyridine rings is 1. The molecule has 3 aromatic heterocycles. The molecule has 0 unspecified atom stereocenters. The smallest absolute Gasteiger partial charge is 0.269 e. The summed E-state index contributed by atoms with van der Waals surface area (Å²) in [6, 6.07) is 11.2. The first kappa shape index (κ1) is 18.9. The highest BCUT2D eigenvalue weighted by Gasteiger charge is 2.09. The van der Waals surface area contributed by atoms with E-state index < -0.39 is 0 Å². The number of carbonyl (C=O) groups is 1. The van der Waals surface area contributed by atoms with E-state index in [1.807, 2.05) is 35.7 Å². The van der Waals surface area contributed by atoms with E-state index in [4.69, 9.17) is 0 Å². The zero-order valence-corrected chi connectivity index (χ0v) is 16.4. The zero-order valence-electron chi connectivity index (χ0n) is 15.6. The summed E-state index contributed by atoms with van der Waals surface area (Å²) in [4.78, 5) is 37.2. The lowest BCUT2D eigenvalue weighted by atomic mass is 10.2. The van der Waals surface area contributed by atoms with Crippen LogP contribution < -0.4 is 10.9 Å². The van der Waals surface area contributed by atoms with Crippen molar-refractivity contribution in [3.63, 3.8) is 0 Å². The molecule has 8 heteroatoms. The standard InChI is InChI=1S/C21H19N5O2S/c27-19(13-26-18-5-2-1-4-16(18)24-12-21(26)28)23-9-3-6-20-25-17(14-29-20)15-7-10-22-11-8-15/h1-2,4-5,7-8,10-12,14H,3,6,9,13H2,(H,23,27). The zero-order chi connectivity index (χ0) is 20.1. The second kappa shape index (κ2) is 8.74. The summed E-state index contributed by atoms with van der Waals surface area (Å²) in [7, 11) is 0. The highest BCUT2D eigenvalue weighted by Crippen LogP contribution is 2.21. The molecule has 0 aliphatic rings. The molecule has 0 aliphatic heterocycles. The van der Waals surface area contributed by atoms with Gasteiger partial charge in [0.25, 0.3) is 5.56 Å². The van der Waals surface area contributed by atoms with Gasteiger partial charge in [-0.25, -0.2) is 9.97 Å². The van der Waals surface area contributed by atoms with Crippen molar-refractivity contribution in [3.05, 3.63) is 75.7 Å². The highest BCUT2D eigenvalue weighted by atomic mass is 32.1. The third kappa shape index (κ3) is 4.55. The Bertz CT molecular complexity index is 1190. The first-order valence-electron chi connectivity index (χ1n) is 9.27. The Morgan fingerprint density at radius 1 is 1.14 bits per heavy atom. The molecule has 1 aromatic carbocycles. The first-order chi connectivity index (χ1) is 14.2. The number of fused-ring (bicyclic) bond motifs is 1. The molecule has 3 heterocycles. The van der Waals surface area contributed by atoms with E-state index >= 15 is 0 Å². The second-order valence-corrected chi connectivity index (χ2v) is 7.43. The first-order valence-corrected chi connectivity index (χ1v) is 10.1. The van der Waals surface area contributed by atoms with Gasteiger partial charge in [0.15, 0.2) is 0 Å². The Morgan fingerprint density at radius 3 is 2.83 bits per heavy atom. The summed E-state index contributed by atoms with van der Waals surface area (Å²) in [5, 5.41) is 5.94. The summed E-state index contributed by atoms with van der Waals surface area (Å²) in [6.45, 7) is 0.506. The molecule has 0 fully saturated rings. The molecule has 4 aromatic rings. The van der Waals surface area contributed by atoms with Gasteiger partial charge in [-0.3, -0.25) is 19.1 Å². The minimum atomic E-state index is -0.287. The van der Waals surface area contributed by atoms with Crippen molar-refractivity contribution in [1.29, 1.82) is 0 Å². The van der Waals surface area contributed by atoms with E-state index in [0.717, 1.165) is 29.1 Å². The van der Waals surface area contributed by atoms with E-state index in [-0.39, 0.29) is 18.0 Å². The molecule has 0 saturated carbocycles. The number of nitrogens with zero attached hydrogens (tertiary/aromatic N) is 4. The van der Waals surface area contributed by atoms with Crippen LogP contribution in [0.15, 0.2) is 65.2 Å². The van der Waals surface area contributed by atoms with Crippen molar-refractivity contribution in [2.24, 2.45) is 0 Å². The summed E-state index contributed by atoms with van der Waals surface area (Å²) >= 11 is 1.61. The Labute approximate surface area is 171 Å². The lowest BCUT2D eigenvalue weighted by Gasteiger charge is -2.09. The number of amides is 1. The van der Waals surface area contributed by atoms with Crippen molar-refractivity contribution < 1.29 is 4.79 Å². The Kier molecular flexibility index (Phi) is 5.71. The van der Waals surface area contributed by atoms with Crippen LogP contribution in [0.4, 0.5) is 0 Å². The molecular formula is C21H19N5O2S. The van der Waals surface area contributed by atoms with Gasteiger partial charge in [0.05, 0.1) is 27.9 Å². The summed E-state index contributed by atoms with van der Waals surface area (Å²) in [6.07, 6.45) is 6.32. The Morgan fingerprint density at radius 2 is 1.97 bits per heavy atom. The molecule has 0 spiro atoms. The maximum Gasteiger partial charge on any atom is 0.269 e. The van der Waals surface area contributed by atoms with E-state index in [9.17, 15) is 9.59 Å². The van der Waals surface area contributed by atoms with Crippen LogP contribution in [-0.2, 0) is 17.8 Å². The SMILES string of the molecule is O=C(Cn1c(=O)cnc2ccccc21)NCCCc1nc(-c2ccncc2)cs1. The molecule has 0 bridgehead atoms. The normalized spacial score (nSPS) is 10.9. The topological polar surface area (TPSA) is 89.8 Å². The van der Waals surface area contributed by atoms with Gasteiger partial charge < -0.3 is 5.32 Å². The molecule has 29 heavy (non-hydrogen) atoms. The maximum atomic E-state index is 12.3. The average molecular weight is 405 g/mol. The number of aromatic nitrogens is 4. The molecule has 0 saturated heterocycles. The number of hydrogen-bond acceptors (Lipinski definition) is 6. The Balaban J connectivity index is 1.30. The minimum absolute atomic E-state index is 0.0225. The number of rotatable bonds is 7. The van der Waals surface area contributed by atoms with Crippen molar-refractivity contribution >= 4 is 28.3 Å². The van der Waals surface area contributed by atoms with Crippen molar-refractivity contribution in [2.75, 3.05) is 6.54 Å². The van der Waals surface area contributed by atoms with E-state index in [0.29, 0.717) is 17.6 Å². The van der Waals surface area contributed by atoms with Gasteiger partial charge in [-0.1, -0.05) is 12.1 Å². The van der Waals surface area contributed by atoms with Crippen molar-refractivity contribution in [3.8, 4) is 11.3 Å². The molecular weight excluding hydrogens is 386 g/mol. The third-order valence-electron chi connectivity index (χ3n) is 4.47. The number of aryl methyl sites for hydroxylation is 1. The van der Waals surface area contributed by atoms with Crippen LogP contribution in [0, 0.1) is 0 Å². The van der Waals surface area contributed by atoms with Crippen LogP contribution in [0.3, 0.4) is 0 Å². The number of para-hydroxylation sites is 2. The summed E-state index contributed by atoms with van der Waals surface area (Å²) in [5.74, 6) is -0.194. The van der Waals surface area contributed by atoms with Gasteiger partial charge in [0.2, 0.25) is 5.91 Å². The largest absolute Gasteiger partial charge is 0.355 e. The van der Waals surface area contributed by atoms with Crippen LogP contribution in [0.1, 0.15) is 11.4 Å². The lowest BCUT2D eigenvalue weighted by Crippen LogP contribution is -2.33. The van der Waals surface area contributed by atoms with Crippen molar-refractivity contribution in [2.45, 2.75) is 19.4 Å². The number of carbonyl (C=O) groups excluding carboxylic acids is 1. The fourth-order valence-corrected chi connectivity index (χ4v) is 3.88. The molecule has 0 aliphatic carbocycles. The van der Waals surface area contributed by atoms with E-state index in [1.54, 1.807) is 29.8 Å². The molecule has 7 nitrogen and oxygen atoms in total. The van der Waals surface area contributed by atoms with Crippen LogP contribution in [-0.4, -0.2) is 32.0 Å². The number of hydrogen-bond donors (Lipinski definition) is 1. The number of thiazole rings is 1. The van der Waals surface area contributed by atoms with Crippen LogP contribution in [0.2, 0.25) is 0 Å². The quantitative estimate of drug-likeness (QED) is 0.478. The molecule has 146 valence electrons. The predicted octanol–water partition coefficient (Wildman–Crippen LogP) is 2.66. The maximum absolute atomic E-state index is 12.3. The van der Waals surface area contributed by atoms with Gasteiger partial charge in [-0.05, 0) is 30.7 Å². The van der Waals surface area contributed by atoms with Gasteiger partial charge in [0.1, 0.15) is 6.54 Å². The highest BCUT2D eigenvalue weighted by molar-refractivity contribution is 7.09. The van der Waals surface area contributed by atoms with Gasteiger partial charge >= 0.3 is 0 Å². The monoisotopic (exact) mass is 405 g/mol. The minimum Gasteiger partial charge on any atom is -0.355 e. The second-order valence-electron chi connectivity index (χ2n) is 6.49. The van der Waals surface area contributed by atoms with Gasteiger partial charge in [-0.2, -0.15) is 0 Å². The number of nitrogens with one attached hydrogen (secondary N) is 1. The van der Waals surface area contributed by atoms with Crippen LogP contribution >= 0.6 is 11.3 Å². The molecule has 1 amide bonds. The fourth-order valence-electron chi connectivity index (χ4n) is 3.03. The van der Waals surface area contributed by atoms with E-state index in [1.165, 1.54) is 10.8 Å². The van der Waals surface area contributed by atoms with Gasteiger partial charge in [-0.15, -0.1) is 11.3 Å². The third-order valence-corrected chi connectivity index (χ3v) is 5.38. The molecule has 0 atom stereocenters. The average Bonchev–Trinajstić information content (AvgIpc) is 3.23. The fraction of sp³-hybridized carbons (Fsp3) is 0.190. The lowest BCUT2D eigenvalue weighted by molar-refractivity contribution is -0.121. The van der Waals surface area contributed by atoms with Crippen molar-refractivity contribution in [1.82, 2.24) is 24.8 Å². The summed E-state index contributed by atoms with van der Waals surface area (Å²) < 4.78 is 1.44. The van der Waals surface area contributed by atoms with E-state index in [2.05, 4.69) is 20.3 Å². The molecule has 4 rings (SSSR count). The molecule has 1 N–H and O–H groups in total. The predicted molar refractivity (Wildman–Crippen MR) is 113 cm³/mol. The number of benzene rings is 1. The molecule has 0 radical (unpaired) electrons. The summed E-state index contributed by atoms with van der Waals surface area (Å²) in [5.41, 5.74) is 3.05. The Hall–Kier alpha value is -3.39.